The van der Waals surface area contributed by atoms with E-state index in [0.29, 0.717) is 19.6 Å². The zero-order valence-corrected chi connectivity index (χ0v) is 18.6. The molecule has 8 heteroatoms. The van der Waals surface area contributed by atoms with E-state index in [1.54, 1.807) is 32.2 Å². The fourth-order valence-electron chi connectivity index (χ4n) is 3.00. The molecule has 0 spiro atoms. The number of fused-ring (bicyclic) bond motifs is 1. The van der Waals surface area contributed by atoms with Crippen molar-refractivity contribution < 1.29 is 8.42 Å². The lowest BCUT2D eigenvalue weighted by molar-refractivity contribution is 0.353. The van der Waals surface area contributed by atoms with Crippen LogP contribution in [0, 0.1) is 0 Å². The summed E-state index contributed by atoms with van der Waals surface area (Å²) in [5, 5.41) is 6.81. The fraction of sp³-hybridized carbons (Fsp3) is 0.471. The lowest BCUT2D eigenvalue weighted by Gasteiger charge is -2.39. The molecule has 0 unspecified atom stereocenters. The van der Waals surface area contributed by atoms with Gasteiger partial charge in [-0.2, -0.15) is 0 Å². The van der Waals surface area contributed by atoms with Crippen molar-refractivity contribution in [3.05, 3.63) is 35.2 Å². The maximum atomic E-state index is 12.2. The van der Waals surface area contributed by atoms with Gasteiger partial charge in [0.1, 0.15) is 0 Å². The highest BCUT2D eigenvalue weighted by atomic mass is 127. The summed E-state index contributed by atoms with van der Waals surface area (Å²) in [7, 11) is -1.31. The topological polar surface area (TPSA) is 61.8 Å². The summed E-state index contributed by atoms with van der Waals surface area (Å²) < 4.78 is 24.9. The van der Waals surface area contributed by atoms with E-state index in [1.807, 2.05) is 17.0 Å². The van der Waals surface area contributed by atoms with E-state index in [2.05, 4.69) is 27.8 Å². The van der Waals surface area contributed by atoms with Crippen LogP contribution in [0.25, 0.3) is 10.1 Å². The predicted octanol–water partition coefficient (Wildman–Crippen LogP) is 3.10. The number of sulfone groups is 1. The molecular weight excluding hydrogens is 469 g/mol. The van der Waals surface area contributed by atoms with Gasteiger partial charge < -0.3 is 10.2 Å². The molecule has 0 bridgehead atoms. The Balaban J connectivity index is 0.00000225. The summed E-state index contributed by atoms with van der Waals surface area (Å²) in [4.78, 5) is 6.38. The second-order valence-corrected chi connectivity index (χ2v) is 10.3. The van der Waals surface area contributed by atoms with Crippen LogP contribution in [0.4, 0.5) is 0 Å². The SMILES string of the molecule is CN=C(NCc1csc2ccccc12)N1CCS(=O)(=O)C(C)(C)C1.I. The van der Waals surface area contributed by atoms with Gasteiger partial charge in [-0.3, -0.25) is 4.99 Å². The molecule has 138 valence electrons. The number of hydrogen-bond donors (Lipinski definition) is 1. The van der Waals surface area contributed by atoms with Crippen molar-refractivity contribution in [3.63, 3.8) is 0 Å². The van der Waals surface area contributed by atoms with Gasteiger partial charge in [0, 0.05) is 31.4 Å². The summed E-state index contributed by atoms with van der Waals surface area (Å²) in [6.07, 6.45) is 0. The zero-order chi connectivity index (χ0) is 17.4. The third kappa shape index (κ3) is 4.11. The molecule has 1 aromatic heterocycles. The van der Waals surface area contributed by atoms with Gasteiger partial charge in [0.2, 0.25) is 0 Å². The molecule has 1 fully saturated rings. The second-order valence-electron chi connectivity index (χ2n) is 6.66. The summed E-state index contributed by atoms with van der Waals surface area (Å²) in [5.74, 6) is 0.926. The van der Waals surface area contributed by atoms with Crippen LogP contribution in [0.5, 0.6) is 0 Å². The molecule has 0 atom stereocenters. The van der Waals surface area contributed by atoms with E-state index >= 15 is 0 Å². The third-order valence-electron chi connectivity index (χ3n) is 4.55. The van der Waals surface area contributed by atoms with Crippen molar-refractivity contribution in [2.75, 3.05) is 25.9 Å². The van der Waals surface area contributed by atoms with Crippen molar-refractivity contribution in [3.8, 4) is 0 Å². The van der Waals surface area contributed by atoms with Gasteiger partial charge in [0.15, 0.2) is 15.8 Å². The van der Waals surface area contributed by atoms with Gasteiger partial charge in [-0.1, -0.05) is 18.2 Å². The minimum Gasteiger partial charge on any atom is -0.352 e. The summed E-state index contributed by atoms with van der Waals surface area (Å²) >= 11 is 1.74. The van der Waals surface area contributed by atoms with Crippen LogP contribution in [-0.2, 0) is 16.4 Å². The number of halogens is 1. The van der Waals surface area contributed by atoms with E-state index in [9.17, 15) is 8.42 Å². The molecule has 1 aliphatic rings. The Kier molecular flexibility index (Phi) is 6.37. The van der Waals surface area contributed by atoms with Crippen LogP contribution in [0.3, 0.4) is 0 Å². The van der Waals surface area contributed by atoms with Gasteiger partial charge in [-0.25, -0.2) is 8.42 Å². The number of guanidine groups is 1. The number of nitrogens with one attached hydrogen (secondary N) is 1. The van der Waals surface area contributed by atoms with Crippen molar-refractivity contribution >= 4 is 61.2 Å². The number of hydrogen-bond acceptors (Lipinski definition) is 4. The zero-order valence-electron chi connectivity index (χ0n) is 14.7. The molecule has 2 heterocycles. The van der Waals surface area contributed by atoms with Crippen LogP contribution in [0.1, 0.15) is 19.4 Å². The molecule has 5 nitrogen and oxygen atoms in total. The quantitative estimate of drug-likeness (QED) is 0.397. The first-order chi connectivity index (χ1) is 11.3. The van der Waals surface area contributed by atoms with E-state index in [-0.39, 0.29) is 29.7 Å². The van der Waals surface area contributed by atoms with E-state index < -0.39 is 14.6 Å². The average Bonchev–Trinajstić information content (AvgIpc) is 2.95. The maximum Gasteiger partial charge on any atom is 0.193 e. The van der Waals surface area contributed by atoms with Crippen LogP contribution in [0.2, 0.25) is 0 Å². The largest absolute Gasteiger partial charge is 0.352 e. The molecular formula is C17H24IN3O2S2. The highest BCUT2D eigenvalue weighted by Gasteiger charge is 2.40. The minimum absolute atomic E-state index is 0. The number of benzene rings is 1. The Morgan fingerprint density at radius 2 is 2.08 bits per heavy atom. The third-order valence-corrected chi connectivity index (χ3v) is 8.10. The van der Waals surface area contributed by atoms with Crippen molar-refractivity contribution in [2.24, 2.45) is 4.99 Å². The second kappa shape index (κ2) is 7.79. The van der Waals surface area contributed by atoms with Gasteiger partial charge in [-0.15, -0.1) is 35.3 Å². The number of rotatable bonds is 2. The lowest BCUT2D eigenvalue weighted by Crippen LogP contribution is -2.57. The first-order valence-electron chi connectivity index (χ1n) is 7.97. The van der Waals surface area contributed by atoms with E-state index in [1.165, 1.54) is 15.6 Å². The summed E-state index contributed by atoms with van der Waals surface area (Å²) in [6.45, 7) is 5.19. The smallest absolute Gasteiger partial charge is 0.193 e. The molecule has 2 aromatic rings. The van der Waals surface area contributed by atoms with Crippen LogP contribution < -0.4 is 5.32 Å². The molecule has 1 N–H and O–H groups in total. The minimum atomic E-state index is -3.05. The average molecular weight is 493 g/mol. The Bertz CT molecular complexity index is 875. The molecule has 1 aromatic carbocycles. The molecule has 3 rings (SSSR count). The normalized spacial score (nSPS) is 19.5. The highest BCUT2D eigenvalue weighted by molar-refractivity contribution is 14.0. The van der Waals surface area contributed by atoms with E-state index in [4.69, 9.17) is 0 Å². The summed E-state index contributed by atoms with van der Waals surface area (Å²) in [5.41, 5.74) is 1.24. The van der Waals surface area contributed by atoms with Crippen molar-refractivity contribution in [1.29, 1.82) is 0 Å². The fourth-order valence-corrected chi connectivity index (χ4v) is 5.33. The van der Waals surface area contributed by atoms with Crippen LogP contribution >= 0.6 is 35.3 Å². The summed E-state index contributed by atoms with van der Waals surface area (Å²) in [6, 6.07) is 8.34. The molecule has 0 aliphatic carbocycles. The molecule has 0 radical (unpaired) electrons. The first kappa shape index (κ1) is 20.4. The molecule has 1 saturated heterocycles. The maximum absolute atomic E-state index is 12.2. The van der Waals surface area contributed by atoms with Gasteiger partial charge in [0.05, 0.1) is 10.5 Å². The Morgan fingerprint density at radius 1 is 1.36 bits per heavy atom. The molecule has 0 amide bonds. The number of aliphatic imine (C=N–C) groups is 1. The van der Waals surface area contributed by atoms with Crippen molar-refractivity contribution in [2.45, 2.75) is 25.1 Å². The van der Waals surface area contributed by atoms with Crippen molar-refractivity contribution in [1.82, 2.24) is 10.2 Å². The highest BCUT2D eigenvalue weighted by Crippen LogP contribution is 2.26. The number of nitrogens with zero attached hydrogens (tertiary/aromatic N) is 2. The van der Waals surface area contributed by atoms with E-state index in [0.717, 1.165) is 5.96 Å². The van der Waals surface area contributed by atoms with Gasteiger partial charge >= 0.3 is 0 Å². The Labute approximate surface area is 170 Å². The molecule has 25 heavy (non-hydrogen) atoms. The molecule has 1 aliphatic heterocycles. The van der Waals surface area contributed by atoms with Crippen LogP contribution in [0.15, 0.2) is 34.6 Å². The first-order valence-corrected chi connectivity index (χ1v) is 10.5. The molecule has 0 saturated carbocycles. The predicted molar refractivity (Wildman–Crippen MR) is 117 cm³/mol. The lowest BCUT2D eigenvalue weighted by atomic mass is 10.2. The van der Waals surface area contributed by atoms with Crippen LogP contribution in [-0.4, -0.2) is 49.9 Å². The Morgan fingerprint density at radius 3 is 2.76 bits per heavy atom. The van der Waals surface area contributed by atoms with Gasteiger partial charge in [-0.05, 0) is 36.2 Å². The Hall–Kier alpha value is -0.870. The monoisotopic (exact) mass is 493 g/mol. The number of thiophene rings is 1. The standard InChI is InChI=1S/C17H23N3O2S2.HI/c1-17(2)12-20(8-9-24(17,21)22)16(18-3)19-10-13-11-23-15-7-5-4-6-14(13)15;/h4-7,11H,8-10,12H2,1-3H3,(H,18,19);1H. The van der Waals surface area contributed by atoms with Gasteiger partial charge in [0.25, 0.3) is 0 Å².